The van der Waals surface area contributed by atoms with Crippen LogP contribution in [-0.2, 0) is 4.79 Å². The monoisotopic (exact) mass is 226 g/mol. The van der Waals surface area contributed by atoms with Crippen molar-refractivity contribution in [2.75, 3.05) is 0 Å². The van der Waals surface area contributed by atoms with Crippen LogP contribution in [0, 0.1) is 18.7 Å². The standard InChI is InChI=1S/C12H15FO3/c1-3-9(12(15)16)11(14)8-4-5-10(13)7(2)6-8/h4-6,9,11,14H,3H2,1-2H3,(H,15,16). The van der Waals surface area contributed by atoms with Crippen molar-refractivity contribution < 1.29 is 19.4 Å². The van der Waals surface area contributed by atoms with Gasteiger partial charge in [-0.1, -0.05) is 19.1 Å². The largest absolute Gasteiger partial charge is 0.481 e. The molecular weight excluding hydrogens is 211 g/mol. The molecule has 1 aromatic rings. The highest BCUT2D eigenvalue weighted by Crippen LogP contribution is 2.26. The van der Waals surface area contributed by atoms with Gasteiger partial charge in [-0.2, -0.15) is 0 Å². The maximum Gasteiger partial charge on any atom is 0.309 e. The van der Waals surface area contributed by atoms with Gasteiger partial charge in [0.1, 0.15) is 5.82 Å². The minimum Gasteiger partial charge on any atom is -0.481 e. The van der Waals surface area contributed by atoms with Gasteiger partial charge in [-0.05, 0) is 30.5 Å². The van der Waals surface area contributed by atoms with Gasteiger partial charge >= 0.3 is 5.97 Å². The normalized spacial score (nSPS) is 14.5. The van der Waals surface area contributed by atoms with Crippen molar-refractivity contribution in [3.05, 3.63) is 35.1 Å². The first-order valence-corrected chi connectivity index (χ1v) is 5.14. The highest BCUT2D eigenvalue weighted by molar-refractivity contribution is 5.71. The molecule has 2 unspecified atom stereocenters. The minimum atomic E-state index is -1.10. The lowest BCUT2D eigenvalue weighted by atomic mass is 9.93. The van der Waals surface area contributed by atoms with Crippen LogP contribution in [-0.4, -0.2) is 16.2 Å². The van der Waals surface area contributed by atoms with Gasteiger partial charge in [-0.15, -0.1) is 0 Å². The summed E-state index contributed by atoms with van der Waals surface area (Å²) in [6.07, 6.45) is -0.769. The number of hydrogen-bond donors (Lipinski definition) is 2. The first kappa shape index (κ1) is 12.6. The topological polar surface area (TPSA) is 57.5 Å². The Morgan fingerprint density at radius 1 is 1.50 bits per heavy atom. The van der Waals surface area contributed by atoms with E-state index in [9.17, 15) is 14.3 Å². The predicted octanol–water partition coefficient (Wildman–Crippen LogP) is 2.28. The Hall–Kier alpha value is -1.42. The number of hydrogen-bond acceptors (Lipinski definition) is 2. The molecule has 88 valence electrons. The Kier molecular flexibility index (Phi) is 4.01. The molecule has 0 aliphatic carbocycles. The molecule has 0 saturated carbocycles. The number of carboxylic acids is 1. The molecule has 0 amide bonds. The molecule has 0 aliphatic heterocycles. The quantitative estimate of drug-likeness (QED) is 0.828. The molecule has 0 saturated heterocycles. The zero-order valence-electron chi connectivity index (χ0n) is 9.27. The van der Waals surface area contributed by atoms with Crippen LogP contribution in [0.15, 0.2) is 18.2 Å². The van der Waals surface area contributed by atoms with Crippen LogP contribution < -0.4 is 0 Å². The molecule has 2 N–H and O–H groups in total. The summed E-state index contributed by atoms with van der Waals surface area (Å²) in [6, 6.07) is 4.13. The van der Waals surface area contributed by atoms with Gasteiger partial charge < -0.3 is 10.2 Å². The Morgan fingerprint density at radius 3 is 2.56 bits per heavy atom. The molecule has 0 heterocycles. The third-order valence-electron chi connectivity index (χ3n) is 2.66. The molecule has 0 spiro atoms. The lowest BCUT2D eigenvalue weighted by Gasteiger charge is -2.18. The fourth-order valence-electron chi connectivity index (χ4n) is 1.62. The van der Waals surface area contributed by atoms with E-state index < -0.39 is 18.0 Å². The second-order valence-electron chi connectivity index (χ2n) is 3.81. The fourth-order valence-corrected chi connectivity index (χ4v) is 1.62. The van der Waals surface area contributed by atoms with Crippen LogP contribution >= 0.6 is 0 Å². The summed E-state index contributed by atoms with van der Waals surface area (Å²) in [5, 5.41) is 18.8. The number of aryl methyl sites for hydroxylation is 1. The Bertz CT molecular complexity index is 390. The van der Waals surface area contributed by atoms with E-state index in [-0.39, 0.29) is 5.82 Å². The smallest absolute Gasteiger partial charge is 0.309 e. The average molecular weight is 226 g/mol. The van der Waals surface area contributed by atoms with E-state index in [0.29, 0.717) is 17.5 Å². The first-order chi connectivity index (χ1) is 7.47. The highest BCUT2D eigenvalue weighted by atomic mass is 19.1. The predicted molar refractivity (Wildman–Crippen MR) is 57.5 cm³/mol. The molecule has 4 heteroatoms. The molecule has 0 radical (unpaired) electrons. The number of halogens is 1. The molecule has 0 bridgehead atoms. The number of carbonyl (C=O) groups is 1. The number of rotatable bonds is 4. The van der Waals surface area contributed by atoms with Gasteiger partial charge in [0.2, 0.25) is 0 Å². The number of aliphatic hydroxyl groups excluding tert-OH is 1. The number of carboxylic acid groups (broad SMARTS) is 1. The third-order valence-corrected chi connectivity index (χ3v) is 2.66. The molecule has 16 heavy (non-hydrogen) atoms. The SMILES string of the molecule is CCC(C(=O)O)C(O)c1ccc(F)c(C)c1. The van der Waals surface area contributed by atoms with Crippen molar-refractivity contribution >= 4 is 5.97 Å². The summed E-state index contributed by atoms with van der Waals surface area (Å²) in [7, 11) is 0. The highest BCUT2D eigenvalue weighted by Gasteiger charge is 2.26. The van der Waals surface area contributed by atoms with Gasteiger partial charge in [0, 0.05) is 0 Å². The van der Waals surface area contributed by atoms with Crippen LogP contribution in [0.3, 0.4) is 0 Å². The molecule has 3 nitrogen and oxygen atoms in total. The van der Waals surface area contributed by atoms with Crippen LogP contribution in [0.4, 0.5) is 4.39 Å². The number of aliphatic carboxylic acids is 1. The van der Waals surface area contributed by atoms with E-state index in [2.05, 4.69) is 0 Å². The van der Waals surface area contributed by atoms with E-state index in [1.807, 2.05) is 0 Å². The molecule has 1 aromatic carbocycles. The van der Waals surface area contributed by atoms with Crippen molar-refractivity contribution in [2.45, 2.75) is 26.4 Å². The van der Waals surface area contributed by atoms with Gasteiger partial charge in [-0.3, -0.25) is 4.79 Å². The summed E-state index contributed by atoms with van der Waals surface area (Å²) in [6.45, 7) is 3.27. The molecular formula is C12H15FO3. The lowest BCUT2D eigenvalue weighted by molar-refractivity contribution is -0.146. The van der Waals surface area contributed by atoms with Gasteiger partial charge in [-0.25, -0.2) is 4.39 Å². The van der Waals surface area contributed by atoms with E-state index in [4.69, 9.17) is 5.11 Å². The van der Waals surface area contributed by atoms with Gasteiger partial charge in [0.25, 0.3) is 0 Å². The Balaban J connectivity index is 2.99. The van der Waals surface area contributed by atoms with Crippen molar-refractivity contribution in [3.8, 4) is 0 Å². The summed E-state index contributed by atoms with van der Waals surface area (Å²) in [5.41, 5.74) is 0.838. The molecule has 2 atom stereocenters. The van der Waals surface area contributed by atoms with Crippen LogP contribution in [0.1, 0.15) is 30.6 Å². The van der Waals surface area contributed by atoms with Gasteiger partial charge in [0.15, 0.2) is 0 Å². The maximum absolute atomic E-state index is 13.0. The second kappa shape index (κ2) is 5.07. The van der Waals surface area contributed by atoms with Crippen LogP contribution in [0.25, 0.3) is 0 Å². The maximum atomic E-state index is 13.0. The first-order valence-electron chi connectivity index (χ1n) is 5.14. The van der Waals surface area contributed by atoms with Gasteiger partial charge in [0.05, 0.1) is 12.0 Å². The molecule has 1 rings (SSSR count). The Labute approximate surface area is 93.5 Å². The zero-order chi connectivity index (χ0) is 12.3. The minimum absolute atomic E-state index is 0.326. The average Bonchev–Trinajstić information content (AvgIpc) is 2.22. The van der Waals surface area contributed by atoms with Crippen molar-refractivity contribution in [1.29, 1.82) is 0 Å². The number of aliphatic hydroxyl groups is 1. The summed E-state index contributed by atoms with van der Waals surface area (Å²) in [4.78, 5) is 10.9. The van der Waals surface area contributed by atoms with E-state index in [1.54, 1.807) is 13.8 Å². The van der Waals surface area contributed by atoms with E-state index in [0.717, 1.165) is 0 Å². The van der Waals surface area contributed by atoms with E-state index >= 15 is 0 Å². The molecule has 0 aromatic heterocycles. The van der Waals surface area contributed by atoms with E-state index in [1.165, 1.54) is 18.2 Å². The number of benzene rings is 1. The lowest BCUT2D eigenvalue weighted by Crippen LogP contribution is -2.21. The van der Waals surface area contributed by atoms with Crippen LogP contribution in [0.2, 0.25) is 0 Å². The summed E-state index contributed by atoms with van der Waals surface area (Å²) < 4.78 is 13.0. The molecule has 0 fully saturated rings. The second-order valence-corrected chi connectivity index (χ2v) is 3.81. The summed E-state index contributed by atoms with van der Waals surface area (Å²) in [5.74, 6) is -2.26. The van der Waals surface area contributed by atoms with Crippen LogP contribution in [0.5, 0.6) is 0 Å². The Morgan fingerprint density at radius 2 is 2.12 bits per heavy atom. The fraction of sp³-hybridized carbons (Fsp3) is 0.417. The van der Waals surface area contributed by atoms with Crippen molar-refractivity contribution in [1.82, 2.24) is 0 Å². The zero-order valence-corrected chi connectivity index (χ0v) is 9.27. The molecule has 0 aliphatic rings. The van der Waals surface area contributed by atoms with Crippen molar-refractivity contribution in [2.24, 2.45) is 5.92 Å². The van der Waals surface area contributed by atoms with Crippen molar-refractivity contribution in [3.63, 3.8) is 0 Å². The third kappa shape index (κ3) is 2.58. The summed E-state index contributed by atoms with van der Waals surface area (Å²) >= 11 is 0.